The third-order valence-electron chi connectivity index (χ3n) is 3.89. The minimum atomic E-state index is -1.12. The number of carboxylic acid groups (broad SMARTS) is 1. The zero-order chi connectivity index (χ0) is 16.7. The molecule has 0 heterocycles. The van der Waals surface area contributed by atoms with Gasteiger partial charge in [-0.2, -0.15) is 0 Å². The molecule has 0 aromatic heterocycles. The fourth-order valence-electron chi connectivity index (χ4n) is 2.52. The molecular formula is C19H22O4. The predicted molar refractivity (Wildman–Crippen MR) is 88.9 cm³/mol. The number of aromatic carboxylic acids is 1. The minimum Gasteiger partial charge on any atom is -0.507 e. The van der Waals surface area contributed by atoms with Gasteiger partial charge < -0.3 is 15.3 Å². The SMILES string of the molecule is O=C(O)c1ccc(CCc2ccc(CCCCO)cc2)cc1O. The molecule has 0 bridgehead atoms. The summed E-state index contributed by atoms with van der Waals surface area (Å²) in [5.41, 5.74) is 3.32. The van der Waals surface area contributed by atoms with E-state index in [0.29, 0.717) is 0 Å². The molecule has 23 heavy (non-hydrogen) atoms. The van der Waals surface area contributed by atoms with Crippen LogP contribution in [0.2, 0.25) is 0 Å². The van der Waals surface area contributed by atoms with Gasteiger partial charge in [-0.15, -0.1) is 0 Å². The van der Waals surface area contributed by atoms with Crippen LogP contribution in [-0.2, 0) is 19.3 Å². The van der Waals surface area contributed by atoms with Crippen LogP contribution in [-0.4, -0.2) is 27.9 Å². The van der Waals surface area contributed by atoms with Crippen molar-refractivity contribution in [2.24, 2.45) is 0 Å². The Morgan fingerprint density at radius 2 is 1.39 bits per heavy atom. The van der Waals surface area contributed by atoms with Crippen LogP contribution in [0.3, 0.4) is 0 Å². The molecule has 0 unspecified atom stereocenters. The van der Waals surface area contributed by atoms with Crippen molar-refractivity contribution in [2.45, 2.75) is 32.1 Å². The van der Waals surface area contributed by atoms with Gasteiger partial charge >= 0.3 is 5.97 Å². The maximum atomic E-state index is 10.9. The molecule has 0 aliphatic heterocycles. The van der Waals surface area contributed by atoms with Crippen LogP contribution in [0.4, 0.5) is 0 Å². The topological polar surface area (TPSA) is 77.8 Å². The normalized spacial score (nSPS) is 10.7. The summed E-state index contributed by atoms with van der Waals surface area (Å²) in [6, 6.07) is 13.1. The lowest BCUT2D eigenvalue weighted by Gasteiger charge is -2.06. The third-order valence-corrected chi connectivity index (χ3v) is 3.89. The third kappa shape index (κ3) is 5.11. The Balaban J connectivity index is 1.90. The number of carbonyl (C=O) groups is 1. The van der Waals surface area contributed by atoms with Crippen LogP contribution in [0.15, 0.2) is 42.5 Å². The first-order chi connectivity index (χ1) is 11.1. The van der Waals surface area contributed by atoms with E-state index in [4.69, 9.17) is 10.2 Å². The van der Waals surface area contributed by atoms with Gasteiger partial charge in [-0.3, -0.25) is 0 Å². The van der Waals surface area contributed by atoms with Gasteiger partial charge in [-0.05, 0) is 60.9 Å². The zero-order valence-corrected chi connectivity index (χ0v) is 13.0. The Morgan fingerprint density at radius 1 is 0.826 bits per heavy atom. The summed E-state index contributed by atoms with van der Waals surface area (Å²) >= 11 is 0. The number of rotatable bonds is 8. The van der Waals surface area contributed by atoms with Crippen molar-refractivity contribution >= 4 is 5.97 Å². The van der Waals surface area contributed by atoms with Gasteiger partial charge in [0.25, 0.3) is 0 Å². The highest BCUT2D eigenvalue weighted by molar-refractivity contribution is 5.90. The Hall–Kier alpha value is -2.33. The summed E-state index contributed by atoms with van der Waals surface area (Å²) in [5, 5.41) is 27.4. The number of unbranched alkanes of at least 4 members (excludes halogenated alkanes) is 1. The van der Waals surface area contributed by atoms with E-state index in [1.54, 1.807) is 6.07 Å². The number of aromatic hydroxyl groups is 1. The lowest BCUT2D eigenvalue weighted by atomic mass is 10.0. The smallest absolute Gasteiger partial charge is 0.339 e. The number of phenols is 1. The number of hydrogen-bond donors (Lipinski definition) is 3. The number of carboxylic acids is 1. The van der Waals surface area contributed by atoms with Crippen LogP contribution in [0.5, 0.6) is 5.75 Å². The van der Waals surface area contributed by atoms with Crippen molar-refractivity contribution in [1.29, 1.82) is 0 Å². The maximum Gasteiger partial charge on any atom is 0.339 e. The van der Waals surface area contributed by atoms with E-state index in [1.165, 1.54) is 23.3 Å². The standard InChI is InChI=1S/C19H22O4/c20-12-2-1-3-14-4-6-15(7-5-14)8-9-16-10-11-17(19(22)23)18(21)13-16/h4-7,10-11,13,20-21H,1-3,8-9,12H2,(H,22,23). The Bertz CT molecular complexity index is 647. The highest BCUT2D eigenvalue weighted by Crippen LogP contribution is 2.20. The van der Waals surface area contributed by atoms with E-state index in [2.05, 4.69) is 24.3 Å². The molecule has 4 nitrogen and oxygen atoms in total. The van der Waals surface area contributed by atoms with Crippen molar-refractivity contribution in [1.82, 2.24) is 0 Å². The molecule has 0 atom stereocenters. The maximum absolute atomic E-state index is 10.9. The summed E-state index contributed by atoms with van der Waals surface area (Å²) in [4.78, 5) is 10.9. The van der Waals surface area contributed by atoms with Crippen LogP contribution in [0, 0.1) is 0 Å². The quantitative estimate of drug-likeness (QED) is 0.654. The average molecular weight is 314 g/mol. The van der Waals surface area contributed by atoms with Gasteiger partial charge in [0.2, 0.25) is 0 Å². The Kier molecular flexibility index (Phi) is 6.18. The number of aliphatic hydroxyl groups excluding tert-OH is 1. The fraction of sp³-hybridized carbons (Fsp3) is 0.316. The van der Waals surface area contributed by atoms with Gasteiger partial charge in [0.05, 0.1) is 0 Å². The number of aliphatic hydroxyl groups is 1. The van der Waals surface area contributed by atoms with Crippen LogP contribution in [0.1, 0.15) is 39.9 Å². The molecule has 0 fully saturated rings. The van der Waals surface area contributed by atoms with E-state index < -0.39 is 5.97 Å². The summed E-state index contributed by atoms with van der Waals surface area (Å²) in [6.45, 7) is 0.242. The van der Waals surface area contributed by atoms with Gasteiger partial charge in [0.1, 0.15) is 11.3 Å². The zero-order valence-electron chi connectivity index (χ0n) is 13.0. The molecule has 0 aliphatic carbocycles. The Labute approximate surface area is 136 Å². The van der Waals surface area contributed by atoms with Crippen molar-refractivity contribution < 1.29 is 20.1 Å². The highest BCUT2D eigenvalue weighted by atomic mass is 16.4. The lowest BCUT2D eigenvalue weighted by molar-refractivity contribution is 0.0693. The van der Waals surface area contributed by atoms with Crippen LogP contribution < -0.4 is 0 Å². The number of aryl methyl sites for hydroxylation is 3. The monoisotopic (exact) mass is 314 g/mol. The average Bonchev–Trinajstić information content (AvgIpc) is 2.54. The first-order valence-corrected chi connectivity index (χ1v) is 7.84. The second kappa shape index (κ2) is 8.34. The summed E-state index contributed by atoms with van der Waals surface area (Å²) in [7, 11) is 0. The summed E-state index contributed by atoms with van der Waals surface area (Å²) < 4.78 is 0. The molecular weight excluding hydrogens is 292 g/mol. The van der Waals surface area contributed by atoms with Crippen LogP contribution >= 0.6 is 0 Å². The molecule has 3 N–H and O–H groups in total. The molecule has 0 amide bonds. The second-order valence-corrected chi connectivity index (χ2v) is 5.65. The van der Waals surface area contributed by atoms with E-state index in [1.807, 2.05) is 0 Å². The number of hydrogen-bond acceptors (Lipinski definition) is 3. The molecule has 0 saturated heterocycles. The predicted octanol–water partition coefficient (Wildman–Crippen LogP) is 3.19. The molecule has 2 aromatic rings. The van der Waals surface area contributed by atoms with Gasteiger partial charge in [0, 0.05) is 6.61 Å². The van der Waals surface area contributed by atoms with Gasteiger partial charge in [-0.1, -0.05) is 30.3 Å². The first-order valence-electron chi connectivity index (χ1n) is 7.84. The van der Waals surface area contributed by atoms with E-state index in [-0.39, 0.29) is 17.9 Å². The fourth-order valence-corrected chi connectivity index (χ4v) is 2.52. The van der Waals surface area contributed by atoms with Crippen LogP contribution in [0.25, 0.3) is 0 Å². The Morgan fingerprint density at radius 3 is 1.96 bits per heavy atom. The summed E-state index contributed by atoms with van der Waals surface area (Å²) in [6.07, 6.45) is 4.38. The van der Waals surface area contributed by atoms with Crippen molar-refractivity contribution in [3.63, 3.8) is 0 Å². The molecule has 0 radical (unpaired) electrons. The van der Waals surface area contributed by atoms with Gasteiger partial charge in [-0.25, -0.2) is 4.79 Å². The highest BCUT2D eigenvalue weighted by Gasteiger charge is 2.09. The lowest BCUT2D eigenvalue weighted by Crippen LogP contribution is -1.98. The molecule has 122 valence electrons. The molecule has 2 rings (SSSR count). The van der Waals surface area contributed by atoms with E-state index >= 15 is 0 Å². The largest absolute Gasteiger partial charge is 0.507 e. The number of benzene rings is 2. The summed E-state index contributed by atoms with van der Waals surface area (Å²) in [5.74, 6) is -1.31. The molecule has 0 saturated carbocycles. The second-order valence-electron chi connectivity index (χ2n) is 5.65. The van der Waals surface area contributed by atoms with Crippen molar-refractivity contribution in [2.75, 3.05) is 6.61 Å². The molecule has 0 spiro atoms. The first kappa shape index (κ1) is 17.0. The van der Waals surface area contributed by atoms with E-state index in [9.17, 15) is 9.90 Å². The minimum absolute atomic E-state index is 0.0685. The molecule has 2 aromatic carbocycles. The molecule has 0 aliphatic rings. The van der Waals surface area contributed by atoms with Gasteiger partial charge in [0.15, 0.2) is 0 Å². The van der Waals surface area contributed by atoms with Crippen molar-refractivity contribution in [3.8, 4) is 5.75 Å². The molecule has 4 heteroatoms. The van der Waals surface area contributed by atoms with E-state index in [0.717, 1.165) is 37.7 Å². The van der Waals surface area contributed by atoms with Crippen molar-refractivity contribution in [3.05, 3.63) is 64.7 Å².